The quantitative estimate of drug-likeness (QED) is 0.873. The molecule has 0 spiro atoms. The van der Waals surface area contributed by atoms with Gasteiger partial charge in [-0.25, -0.2) is 15.0 Å². The van der Waals surface area contributed by atoms with Gasteiger partial charge in [-0.2, -0.15) is 0 Å². The van der Waals surface area contributed by atoms with Crippen LogP contribution in [0.15, 0.2) is 24.4 Å². The molecule has 1 fully saturated rings. The van der Waals surface area contributed by atoms with E-state index >= 15 is 0 Å². The van der Waals surface area contributed by atoms with E-state index in [-0.39, 0.29) is 0 Å². The van der Waals surface area contributed by atoms with Crippen molar-refractivity contribution in [3.05, 3.63) is 46.6 Å². The van der Waals surface area contributed by atoms with E-state index in [2.05, 4.69) is 31.2 Å². The zero-order valence-corrected chi connectivity index (χ0v) is 14.3. The van der Waals surface area contributed by atoms with Crippen LogP contribution in [0.3, 0.4) is 0 Å². The normalized spacial score (nSPS) is 18.0. The van der Waals surface area contributed by atoms with E-state index in [0.717, 1.165) is 36.0 Å². The summed E-state index contributed by atoms with van der Waals surface area (Å²) in [7, 11) is 2.02. The molecule has 3 rings (SSSR count). The molecule has 0 amide bonds. The van der Waals surface area contributed by atoms with Gasteiger partial charge < -0.3 is 10.2 Å². The molecule has 1 aliphatic rings. The van der Waals surface area contributed by atoms with Crippen LogP contribution in [-0.4, -0.2) is 35.1 Å². The minimum absolute atomic E-state index is 0.472. The van der Waals surface area contributed by atoms with Gasteiger partial charge in [-0.15, -0.1) is 0 Å². The molecule has 0 unspecified atom stereocenters. The molecule has 0 bridgehead atoms. The summed E-state index contributed by atoms with van der Waals surface area (Å²) in [5, 5.41) is 3.99. The van der Waals surface area contributed by atoms with Gasteiger partial charge in [-0.05, 0) is 32.4 Å². The van der Waals surface area contributed by atoms with E-state index in [4.69, 9.17) is 11.6 Å². The summed E-state index contributed by atoms with van der Waals surface area (Å²) in [5.41, 5.74) is 2.12. The van der Waals surface area contributed by atoms with Crippen molar-refractivity contribution in [1.82, 2.24) is 20.3 Å². The molecule has 2 aromatic heterocycles. The summed E-state index contributed by atoms with van der Waals surface area (Å²) in [5.74, 6) is 2.21. The van der Waals surface area contributed by atoms with Gasteiger partial charge >= 0.3 is 0 Å². The second-order valence-electron chi connectivity index (χ2n) is 6.05. The summed E-state index contributed by atoms with van der Waals surface area (Å²) in [6, 6.07) is 6.00. The fraction of sp³-hybridized carbons (Fsp3) is 0.471. The Balaban J connectivity index is 1.81. The van der Waals surface area contributed by atoms with E-state index in [0.29, 0.717) is 17.6 Å². The van der Waals surface area contributed by atoms with Crippen molar-refractivity contribution in [3.8, 4) is 0 Å². The highest BCUT2D eigenvalue weighted by atomic mass is 35.5. The lowest BCUT2D eigenvalue weighted by molar-refractivity contribution is 0.453. The number of pyridine rings is 1. The average molecular weight is 332 g/mol. The third-order valence-corrected chi connectivity index (χ3v) is 4.53. The molecule has 6 heteroatoms. The molecule has 2 aromatic rings. The molecule has 23 heavy (non-hydrogen) atoms. The third kappa shape index (κ3) is 3.98. The second-order valence-corrected chi connectivity index (χ2v) is 6.41. The molecular weight excluding hydrogens is 310 g/mol. The van der Waals surface area contributed by atoms with Gasteiger partial charge in [0.05, 0.1) is 5.69 Å². The van der Waals surface area contributed by atoms with Crippen LogP contribution in [-0.2, 0) is 6.54 Å². The average Bonchev–Trinajstić information content (AvgIpc) is 2.57. The molecule has 5 nitrogen and oxygen atoms in total. The van der Waals surface area contributed by atoms with Gasteiger partial charge in [0.1, 0.15) is 16.8 Å². The number of aryl methyl sites for hydroxylation is 1. The van der Waals surface area contributed by atoms with Crippen LogP contribution in [0.4, 0.5) is 5.82 Å². The van der Waals surface area contributed by atoms with Crippen LogP contribution in [0, 0.1) is 6.92 Å². The van der Waals surface area contributed by atoms with Gasteiger partial charge in [-0.1, -0.05) is 17.7 Å². The van der Waals surface area contributed by atoms with Crippen molar-refractivity contribution >= 4 is 17.4 Å². The van der Waals surface area contributed by atoms with Crippen molar-refractivity contribution < 1.29 is 0 Å². The number of nitrogens with one attached hydrogen (secondary N) is 1. The fourth-order valence-electron chi connectivity index (χ4n) is 2.96. The Hall–Kier alpha value is -1.72. The summed E-state index contributed by atoms with van der Waals surface area (Å²) in [6.45, 7) is 4.72. The fourth-order valence-corrected chi connectivity index (χ4v) is 3.14. The maximum Gasteiger partial charge on any atom is 0.133 e. The van der Waals surface area contributed by atoms with E-state index in [1.54, 1.807) is 6.20 Å². The Bertz CT molecular complexity index is 670. The molecular formula is C17H22ClN5. The van der Waals surface area contributed by atoms with Gasteiger partial charge in [-0.3, -0.25) is 0 Å². The minimum Gasteiger partial charge on any atom is -0.355 e. The zero-order valence-electron chi connectivity index (χ0n) is 13.6. The highest BCUT2D eigenvalue weighted by Gasteiger charge is 2.19. The third-order valence-electron chi connectivity index (χ3n) is 4.19. The smallest absolute Gasteiger partial charge is 0.133 e. The monoisotopic (exact) mass is 331 g/mol. The van der Waals surface area contributed by atoms with Gasteiger partial charge in [0.15, 0.2) is 0 Å². The maximum absolute atomic E-state index is 6.16. The number of anilines is 1. The Morgan fingerprint density at radius 3 is 3.00 bits per heavy atom. The lowest BCUT2D eigenvalue weighted by atomic mass is 9.96. The second kappa shape index (κ2) is 7.23. The van der Waals surface area contributed by atoms with Crippen LogP contribution in [0.25, 0.3) is 0 Å². The van der Waals surface area contributed by atoms with Crippen LogP contribution in [0.1, 0.15) is 35.8 Å². The number of hydrogen-bond donors (Lipinski definition) is 1. The van der Waals surface area contributed by atoms with Crippen LogP contribution in [0.5, 0.6) is 0 Å². The van der Waals surface area contributed by atoms with Crippen molar-refractivity contribution in [1.29, 1.82) is 0 Å². The van der Waals surface area contributed by atoms with Gasteiger partial charge in [0.25, 0.3) is 0 Å². The number of nitrogens with zero attached hydrogens (tertiary/aromatic N) is 4. The van der Waals surface area contributed by atoms with E-state index in [9.17, 15) is 0 Å². The first-order chi connectivity index (χ1) is 11.1. The Morgan fingerprint density at radius 1 is 1.39 bits per heavy atom. The summed E-state index contributed by atoms with van der Waals surface area (Å²) in [6.07, 6.45) is 4.08. The largest absolute Gasteiger partial charge is 0.355 e. The number of halogens is 1. The molecule has 0 aliphatic carbocycles. The molecule has 1 saturated heterocycles. The molecule has 0 radical (unpaired) electrons. The SMILES string of the molecule is Cc1nc([C@@H]2CCCNC2)cc(N(C)Cc2cccnc2Cl)n1. The molecule has 122 valence electrons. The topological polar surface area (TPSA) is 53.9 Å². The highest BCUT2D eigenvalue weighted by molar-refractivity contribution is 6.30. The van der Waals surface area contributed by atoms with Crippen LogP contribution in [0.2, 0.25) is 5.15 Å². The minimum atomic E-state index is 0.472. The van der Waals surface area contributed by atoms with Gasteiger partial charge in [0.2, 0.25) is 0 Å². The predicted molar refractivity (Wildman–Crippen MR) is 93.0 cm³/mol. The highest BCUT2D eigenvalue weighted by Crippen LogP contribution is 2.25. The summed E-state index contributed by atoms with van der Waals surface area (Å²) >= 11 is 6.16. The molecule has 0 saturated carbocycles. The number of piperidine rings is 1. The van der Waals surface area contributed by atoms with Crippen molar-refractivity contribution in [3.63, 3.8) is 0 Å². The number of rotatable bonds is 4. The van der Waals surface area contributed by atoms with Crippen LogP contribution >= 0.6 is 11.6 Å². The molecule has 0 aromatic carbocycles. The number of hydrogen-bond acceptors (Lipinski definition) is 5. The summed E-state index contributed by atoms with van der Waals surface area (Å²) < 4.78 is 0. The van der Waals surface area contributed by atoms with E-state index in [1.807, 2.05) is 26.1 Å². The predicted octanol–water partition coefficient (Wildman–Crippen LogP) is 2.94. The molecule has 1 atom stereocenters. The maximum atomic E-state index is 6.16. The lowest BCUT2D eigenvalue weighted by Crippen LogP contribution is -2.29. The first-order valence-corrected chi connectivity index (χ1v) is 8.38. The summed E-state index contributed by atoms with van der Waals surface area (Å²) in [4.78, 5) is 15.5. The van der Waals surface area contributed by atoms with Crippen LogP contribution < -0.4 is 10.2 Å². The molecule has 3 heterocycles. The first kappa shape index (κ1) is 16.1. The zero-order chi connectivity index (χ0) is 16.2. The Morgan fingerprint density at radius 2 is 2.26 bits per heavy atom. The van der Waals surface area contributed by atoms with E-state index < -0.39 is 0 Å². The standard InChI is InChI=1S/C17H22ClN5/c1-12-21-15(13-5-3-7-19-10-13)9-16(22-12)23(2)11-14-6-4-8-20-17(14)18/h4,6,8-9,13,19H,3,5,7,10-11H2,1-2H3/t13-/m1/s1. The van der Waals surface area contributed by atoms with Gasteiger partial charge in [0, 0.05) is 43.9 Å². The first-order valence-electron chi connectivity index (χ1n) is 8.00. The van der Waals surface area contributed by atoms with Crippen molar-refractivity contribution in [2.24, 2.45) is 0 Å². The van der Waals surface area contributed by atoms with Crippen molar-refractivity contribution in [2.45, 2.75) is 32.2 Å². The lowest BCUT2D eigenvalue weighted by Gasteiger charge is -2.24. The van der Waals surface area contributed by atoms with E-state index in [1.165, 1.54) is 12.8 Å². The number of aromatic nitrogens is 3. The molecule has 1 aliphatic heterocycles. The Labute approximate surface area is 142 Å². The Kier molecular flexibility index (Phi) is 5.08. The molecule has 1 N–H and O–H groups in total. The van der Waals surface area contributed by atoms with Crippen molar-refractivity contribution in [2.75, 3.05) is 25.0 Å².